The highest BCUT2D eigenvalue weighted by Gasteiger charge is 2.48. The van der Waals surface area contributed by atoms with Crippen LogP contribution in [0.4, 0.5) is 117 Å². The van der Waals surface area contributed by atoms with Crippen LogP contribution >= 0.6 is 0 Å². The van der Waals surface area contributed by atoms with E-state index < -0.39 is 161 Å². The highest BCUT2D eigenvalue weighted by atomic mass is 19.4. The number of nitrogens with zero attached hydrogens (tertiary/aromatic N) is 47. The highest BCUT2D eigenvalue weighted by molar-refractivity contribution is 6.23. The summed E-state index contributed by atoms with van der Waals surface area (Å²) in [5, 5.41) is 83.1. The van der Waals surface area contributed by atoms with Gasteiger partial charge in [0, 0.05) is 0 Å². The Morgan fingerprint density at radius 2 is 0.379 bits per heavy atom. The first-order chi connectivity index (χ1) is 69.2. The van der Waals surface area contributed by atoms with Crippen LogP contribution in [0.5, 0.6) is 0 Å². The summed E-state index contributed by atoms with van der Waals surface area (Å²) in [5.74, 6) is -13.6. The van der Waals surface area contributed by atoms with Gasteiger partial charge < -0.3 is 38.8 Å². The van der Waals surface area contributed by atoms with Crippen molar-refractivity contribution in [2.75, 3.05) is 0 Å². The Kier molecular flexibility index (Phi) is 23.3. The largest absolute Gasteiger partial charge is 0.435 e. The summed E-state index contributed by atoms with van der Waals surface area (Å²) < 4.78 is 215. The third kappa shape index (κ3) is 15.9. The van der Waals surface area contributed by atoms with E-state index in [0.717, 1.165) is 6.92 Å². The van der Waals surface area contributed by atoms with Gasteiger partial charge in [-0.25, -0.2) is 105 Å². The summed E-state index contributed by atoms with van der Waals surface area (Å²) in [6.45, 7) is 59.8. The Morgan fingerprint density at radius 1 is 0.193 bits per heavy atom. The van der Waals surface area contributed by atoms with E-state index in [0.29, 0.717) is 0 Å². The van der Waals surface area contributed by atoms with E-state index in [9.17, 15) is 107 Å². The molecule has 0 spiro atoms. The monoisotopic (exact) mass is 1950 g/mol. The fourth-order valence-corrected chi connectivity index (χ4v) is 13.4. The van der Waals surface area contributed by atoms with Crippen molar-refractivity contribution in [1.82, 2.24) is 150 Å². The summed E-state index contributed by atoms with van der Waals surface area (Å²) in [5.41, 5.74) is -17.6. The molecule has 63 heteroatoms. The second-order valence-electron chi connectivity index (χ2n) is 27.4. The van der Waals surface area contributed by atoms with Crippen LogP contribution in [-0.4, -0.2) is 150 Å². The van der Waals surface area contributed by atoms with E-state index in [1.807, 2.05) is 6.07 Å². The molecule has 20 aromatic rings. The highest BCUT2D eigenvalue weighted by Crippen LogP contribution is 2.45. The van der Waals surface area contributed by atoms with Crippen molar-refractivity contribution in [3.8, 4) is 54.6 Å². The van der Waals surface area contributed by atoms with Crippen LogP contribution in [0.25, 0.3) is 204 Å². The number of hydrogen-bond acceptors (Lipinski definition) is 39. The maximum Gasteiger partial charge on any atom is 0.435 e. The zero-order valence-electron chi connectivity index (χ0n) is 69.1. The second kappa shape index (κ2) is 35.7. The molecule has 682 valence electrons. The molecular weight excluding hydrogens is 1950 g/mol. The van der Waals surface area contributed by atoms with Crippen LogP contribution in [0.3, 0.4) is 0 Å². The fourth-order valence-electron chi connectivity index (χ4n) is 13.4. The molecule has 20 rings (SSSR count). The zero-order valence-corrected chi connectivity index (χ0v) is 69.1. The molecule has 0 aliphatic rings. The van der Waals surface area contributed by atoms with Crippen LogP contribution in [0, 0.1) is 210 Å². The van der Waals surface area contributed by atoms with E-state index in [2.05, 4.69) is 188 Å². The van der Waals surface area contributed by atoms with Crippen LogP contribution in [0.2, 0.25) is 0 Å². The minimum Gasteiger partial charge on any atom is -0.370 e. The van der Waals surface area contributed by atoms with Crippen molar-refractivity contribution in [3.63, 3.8) is 0 Å². The van der Waals surface area contributed by atoms with Gasteiger partial charge in [-0.15, -0.1) is 39.9 Å². The number of hydrogen-bond donors (Lipinski definition) is 0. The summed E-state index contributed by atoms with van der Waals surface area (Å²) in [7, 11) is 0. The van der Waals surface area contributed by atoms with Gasteiger partial charge in [-0.05, 0) is 13.8 Å². The first kappa shape index (κ1) is 94.6. The van der Waals surface area contributed by atoms with E-state index in [1.165, 1.54) is 13.1 Å². The van der Waals surface area contributed by atoms with Crippen molar-refractivity contribution in [2.24, 2.45) is 0 Å². The molecule has 0 bridgehead atoms. The van der Waals surface area contributed by atoms with Gasteiger partial charge in [-0.1, -0.05) is 52.6 Å². The summed E-state index contributed by atoms with van der Waals surface area (Å²) in [4.78, 5) is 139. The van der Waals surface area contributed by atoms with Crippen LogP contribution in [-0.2, 0) is 18.5 Å². The number of aryl methyl sites for hydroxylation is 2. The SMILES string of the molecule is Fc1nc2c3nc(F)c(F)nc3c3nc(F)c(F)nc3c2nc1F.[C-]#[N+]c1nc2c(nc1C#N)c1nc(C#N)c(C#N)nc1c1nc([N+]#[C-])c([N+]#[C-])nc21.[C-]#[N+]c1nc2c(nc1C)c1nc(C)c(C(F)(F)F)nc1c1nc(C(F)(F)F)c(C(F)(F)F)nc21.[C-]#[N+]c1nc2c3nc(F)c(C#N)nc3c3nc(C#N)c(C#N)nc3c2nc1[N+]#[C-].[C-]#[N+]c1nc2c3ncc(C#N)nc3c3nc(C#N)c(C#N)nc3c2nc1[N+]#[C-]. The molecule has 15 aromatic heterocycles. The van der Waals surface area contributed by atoms with Crippen molar-refractivity contribution in [1.29, 1.82) is 47.4 Å². The number of fused-ring (bicyclic) bond motifs is 30. The number of aromatic nitrogens is 30. The predicted octanol–water partition coefficient (Wildman–Crippen LogP) is 15.5. The summed E-state index contributed by atoms with van der Waals surface area (Å²) in [6, 6.07) is 15.7. The topological polar surface area (TPSA) is 636 Å². The third-order valence-electron chi connectivity index (χ3n) is 19.2. The van der Waals surface area contributed by atoms with Crippen molar-refractivity contribution in [2.45, 2.75) is 32.4 Å². The van der Waals surface area contributed by atoms with Gasteiger partial charge in [-0.3, -0.25) is 4.98 Å². The van der Waals surface area contributed by atoms with Gasteiger partial charge in [-0.2, -0.15) is 118 Å². The number of rotatable bonds is 0. The van der Waals surface area contributed by atoms with Gasteiger partial charge in [0.05, 0.1) is 17.6 Å². The zero-order chi connectivity index (χ0) is 105. The molecule has 0 saturated heterocycles. The molecule has 15 heterocycles. The van der Waals surface area contributed by atoms with E-state index in [-0.39, 0.29) is 191 Å². The van der Waals surface area contributed by atoms with E-state index >= 15 is 0 Å². The Labute approximate surface area is 782 Å². The fraction of sp³-hybridized carbons (Fsp3) is 0.0610. The van der Waals surface area contributed by atoms with Gasteiger partial charge >= 0.3 is 24.3 Å². The molecule has 0 unspecified atom stereocenters. The smallest absolute Gasteiger partial charge is 0.370 e. The Hall–Kier alpha value is -23.6. The van der Waals surface area contributed by atoms with Crippen LogP contribution < -0.4 is 0 Å². The Morgan fingerprint density at radius 3 is 0.628 bits per heavy atom. The maximum absolute atomic E-state index is 14.2. The molecule has 47 nitrogen and oxygen atoms in total. The van der Waals surface area contributed by atoms with E-state index in [1.54, 1.807) is 48.6 Å². The molecule has 5 aromatic carbocycles. The molecule has 145 heavy (non-hydrogen) atoms. The van der Waals surface area contributed by atoms with Gasteiger partial charge in [0.2, 0.25) is 44.6 Å². The molecule has 0 aliphatic heterocycles. The lowest BCUT2D eigenvalue weighted by molar-refractivity contribution is -0.167. The molecule has 0 fully saturated rings. The minimum absolute atomic E-state index is 0.000622. The third-order valence-corrected chi connectivity index (χ3v) is 19.2. The van der Waals surface area contributed by atoms with E-state index in [4.69, 9.17) is 63.1 Å². The minimum atomic E-state index is -5.67. The number of nitriles is 9. The standard InChI is InChI=1S/C18H6F9N7.C18N12.C17FN11.C17HN11.C12F6N6/c1-4-12(16(19,20)21)31-8-6(29-4)7-11(34-15(28-3)5(2)30-7)10-9(8)32-13(17(22,23)24)14(33-10)18(25,26)27;1-22-16-9(6-21)27-12-10-11(26-8(5-20)7(4-19)25-10)14-15(13(12)28-16)30-18(24-3)17(23-2)29-14;1-22-16-17(23-2)29-14-12-10(26-8(5-21)15(18)27-12)9-11(13(14)28-16)25-7(4-20)6(3-19)24-9;1-21-16-17(22-2)28-15-12(27-16)10-11(24-7(3-18)6-23-10)13-14(15)26-9(5-20)8(4-19)25-13;13-7-8(14)20-2-1(19-7)3-5(22-10(16)9(15)21-3)6-4(2)23-11(17)12(18)24-6/h1-2H3;;;6H;. The molecule has 0 radical (unpaired) electrons. The normalized spacial score (nSPS) is 11.0. The molecule has 0 aliphatic carbocycles. The van der Waals surface area contributed by atoms with Crippen LogP contribution in [0.15, 0.2) is 6.20 Å². The molecule has 0 amide bonds. The summed E-state index contributed by atoms with van der Waals surface area (Å²) in [6.07, 6.45) is -15.2. The predicted molar refractivity (Wildman–Crippen MR) is 445 cm³/mol. The molecule has 0 saturated carbocycles. The van der Waals surface area contributed by atoms with Gasteiger partial charge in [0.25, 0.3) is 81.9 Å². The average molecular weight is 1950 g/mol. The molecule has 0 atom stereocenters. The average Bonchev–Trinajstić information content (AvgIpc) is 0.729. The Bertz CT molecular complexity index is 9620. The number of alkyl halides is 9. The number of benzene rings is 5. The van der Waals surface area contributed by atoms with Gasteiger partial charge in [0.1, 0.15) is 176 Å². The van der Waals surface area contributed by atoms with Crippen molar-refractivity contribution < 1.29 is 70.2 Å². The summed E-state index contributed by atoms with van der Waals surface area (Å²) >= 11 is 0. The quantitative estimate of drug-likeness (QED) is 0.0773. The van der Waals surface area contributed by atoms with Crippen molar-refractivity contribution in [3.05, 3.63) is 219 Å². The first-order valence-corrected chi connectivity index (χ1v) is 37.4. The number of halogens is 16. The lowest BCUT2D eigenvalue weighted by Gasteiger charge is -2.16. The second-order valence-corrected chi connectivity index (χ2v) is 27.4. The lowest BCUT2D eigenvalue weighted by Crippen LogP contribution is -2.21. The van der Waals surface area contributed by atoms with Crippen molar-refractivity contribution >= 4 is 212 Å². The lowest BCUT2D eigenvalue weighted by atomic mass is 10.1. The maximum atomic E-state index is 14.2. The van der Waals surface area contributed by atoms with Crippen LogP contribution in [0.1, 0.15) is 79.7 Å². The Balaban J connectivity index is 0.000000130. The molecular formula is C82H7F16N47. The molecule has 0 N–H and O–H groups in total. The first-order valence-electron chi connectivity index (χ1n) is 37.4. The van der Waals surface area contributed by atoms with Gasteiger partial charge in [0.15, 0.2) is 68.3 Å².